The molecule has 506 valence electrons. The predicted octanol–water partition coefficient (Wildman–Crippen LogP) is 8.00. The summed E-state index contributed by atoms with van der Waals surface area (Å²) in [7, 11) is -37.7. The fourth-order valence-corrected chi connectivity index (χ4v) is 14.3. The van der Waals surface area contributed by atoms with Crippen LogP contribution in [0.2, 0.25) is 10.6 Å². The van der Waals surface area contributed by atoms with Crippen molar-refractivity contribution in [2.45, 2.75) is 39.2 Å². The number of aromatic nitrogens is 6. The summed E-state index contributed by atoms with van der Waals surface area (Å²) in [5.41, 5.74) is -5.90. The number of fused-ring (bicyclic) bond motifs is 3. The van der Waals surface area contributed by atoms with Gasteiger partial charge in [-0.3, -0.25) is 36.1 Å². The van der Waals surface area contributed by atoms with Gasteiger partial charge in [-0.1, -0.05) is 24.3 Å². The number of nitrogens with one attached hydrogen (secondary N) is 4. The van der Waals surface area contributed by atoms with Crippen LogP contribution in [0.4, 0.5) is 69.3 Å². The van der Waals surface area contributed by atoms with Gasteiger partial charge in [0.15, 0.2) is 11.5 Å². The molecule has 13 N–H and O–H groups in total. The molecule has 0 fully saturated rings. The van der Waals surface area contributed by atoms with E-state index in [1.807, 2.05) is 0 Å². The van der Waals surface area contributed by atoms with Gasteiger partial charge in [-0.2, -0.15) is 88.8 Å². The molecule has 2 aromatic heterocycles. The van der Waals surface area contributed by atoms with Gasteiger partial charge in [0.05, 0.1) is 21.2 Å². The van der Waals surface area contributed by atoms with Gasteiger partial charge in [-0.15, -0.1) is 20.5 Å². The van der Waals surface area contributed by atoms with Gasteiger partial charge in [0.1, 0.15) is 47.2 Å². The molecule has 0 spiro atoms. The molecule has 0 aliphatic carbocycles. The van der Waals surface area contributed by atoms with Gasteiger partial charge in [0.2, 0.25) is 34.4 Å². The van der Waals surface area contributed by atoms with Gasteiger partial charge in [0, 0.05) is 37.8 Å². The summed E-state index contributed by atoms with van der Waals surface area (Å²) in [6, 6.07) is 15.4. The van der Waals surface area contributed by atoms with Crippen LogP contribution in [0.3, 0.4) is 0 Å². The number of rotatable bonds is 20. The SMILES string of the molecule is O=S([O-])c1cccc(Nc2nc(Cl)nc(Nc3cc(S(=O)(=O)O)cc4cc(S(=O)(=O)O)c(N=Nc5cc(Nc6nc(Cl)nc(Nc7cc(S(=O)(=O)O)cc8cc(S(=O)(=O)O)c(N=Nc9ccc%10c(S(=O)(=O)O)cccc%10c9S(=O)(=O)O)c(O)c78)n6)ccc5S(=O)(=O)O)c(O)c34)n2)c1. The number of azo groups is 2. The summed E-state index contributed by atoms with van der Waals surface area (Å²) in [5.74, 6) is -5.04. The fourth-order valence-electron chi connectivity index (χ4n) is 9.07. The summed E-state index contributed by atoms with van der Waals surface area (Å²) in [6.07, 6.45) is 0. The summed E-state index contributed by atoms with van der Waals surface area (Å²) >= 11 is 9.73. The first-order valence-corrected chi connectivity index (χ1v) is 37.0. The lowest BCUT2D eigenvalue weighted by molar-refractivity contribution is 0.471. The van der Waals surface area contributed by atoms with Crippen molar-refractivity contribution in [1.29, 1.82) is 0 Å². The highest BCUT2D eigenvalue weighted by molar-refractivity contribution is 7.87. The monoisotopic (exact) mass is 1530 g/mol. The number of halogens is 2. The molecular weight excluding hydrogens is 1500 g/mol. The second-order valence-corrected chi connectivity index (χ2v) is 30.6. The maximum atomic E-state index is 13.0. The number of nitrogens with zero attached hydrogens (tertiary/aromatic N) is 10. The van der Waals surface area contributed by atoms with Crippen molar-refractivity contribution in [3.05, 3.63) is 120 Å². The molecule has 2 heterocycles. The van der Waals surface area contributed by atoms with Crippen LogP contribution < -0.4 is 21.3 Å². The molecule has 1 atom stereocenters. The minimum Gasteiger partial charge on any atom is -0.768 e. The Balaban J connectivity index is 1.05. The number of hydrogen-bond acceptors (Lipinski definition) is 32. The van der Waals surface area contributed by atoms with E-state index in [0.717, 1.165) is 42.5 Å². The van der Waals surface area contributed by atoms with Crippen LogP contribution in [-0.4, -0.2) is 140 Å². The van der Waals surface area contributed by atoms with E-state index >= 15 is 0 Å². The first kappa shape index (κ1) is 70.4. The van der Waals surface area contributed by atoms with E-state index in [9.17, 15) is 110 Å². The van der Waals surface area contributed by atoms with E-state index in [2.05, 4.69) is 71.6 Å². The van der Waals surface area contributed by atoms with Crippen LogP contribution in [-0.2, 0) is 81.9 Å². The van der Waals surface area contributed by atoms with E-state index in [1.165, 1.54) is 24.3 Å². The smallest absolute Gasteiger partial charge is 0.297 e. The fraction of sp³-hybridized carbons (Fsp3) is 0. The Morgan fingerprint density at radius 1 is 0.402 bits per heavy atom. The molecule has 97 heavy (non-hydrogen) atoms. The number of phenolic OH excluding ortho intramolecular Hbond substituents is 2. The van der Waals surface area contributed by atoms with Gasteiger partial charge < -0.3 is 36.0 Å². The molecule has 0 aliphatic heterocycles. The highest BCUT2D eigenvalue weighted by Crippen LogP contribution is 2.49. The summed E-state index contributed by atoms with van der Waals surface area (Å²) in [5, 5.41) is 43.6. The largest absolute Gasteiger partial charge is 0.768 e. The van der Waals surface area contributed by atoms with E-state index in [1.54, 1.807) is 0 Å². The zero-order valence-corrected chi connectivity index (χ0v) is 54.5. The second kappa shape index (κ2) is 25.6. The quantitative estimate of drug-likeness (QED) is 0.0195. The summed E-state index contributed by atoms with van der Waals surface area (Å²) in [6.45, 7) is 0. The number of anilines is 8. The number of hydrogen-bond donors (Lipinski definition) is 13. The molecule has 0 saturated carbocycles. The Kier molecular flexibility index (Phi) is 18.6. The van der Waals surface area contributed by atoms with Gasteiger partial charge >= 0.3 is 0 Å². The average Bonchev–Trinajstić information content (AvgIpc) is 0.757. The van der Waals surface area contributed by atoms with Gasteiger partial charge in [-0.05, 0) is 130 Å². The van der Waals surface area contributed by atoms with Crippen LogP contribution in [0.25, 0.3) is 32.3 Å². The second-order valence-electron chi connectivity index (χ2n) is 19.2. The molecule has 0 aliphatic rings. The average molecular weight is 1530 g/mol. The maximum absolute atomic E-state index is 13.0. The van der Waals surface area contributed by atoms with Crippen LogP contribution in [0.5, 0.6) is 11.5 Å². The Morgan fingerprint density at radius 2 is 0.835 bits per heavy atom. The third kappa shape index (κ3) is 15.4. The highest BCUT2D eigenvalue weighted by Gasteiger charge is 2.30. The zero-order chi connectivity index (χ0) is 71.0. The van der Waals surface area contributed by atoms with Crippen molar-refractivity contribution in [1.82, 2.24) is 29.9 Å². The highest BCUT2D eigenvalue weighted by atomic mass is 35.5. The van der Waals surface area contributed by atoms with Crippen molar-refractivity contribution in [3.8, 4) is 11.5 Å². The lowest BCUT2D eigenvalue weighted by Crippen LogP contribution is -2.06. The van der Waals surface area contributed by atoms with E-state index in [4.69, 9.17) is 23.2 Å². The van der Waals surface area contributed by atoms with E-state index in [-0.39, 0.29) is 22.2 Å². The molecule has 1 unspecified atom stereocenters. The Morgan fingerprint density at radius 3 is 1.27 bits per heavy atom. The molecule has 0 bridgehead atoms. The maximum Gasteiger partial charge on any atom is 0.297 e. The molecular formula is C48H31Cl2N14O25S8-. The van der Waals surface area contributed by atoms with Crippen LogP contribution in [0.15, 0.2) is 169 Å². The standard InChI is InChI=1S/C48H32Cl2N14O25S8/c49-43-55-45(51-21-3-1-4-23(15-21)90(67)68)59-47(57-43)53-31-18-25(92(72,73)74)12-20-14-35(96(84,85)86)39(41(66)37(20)31)64-62-29-16-22(7-10-33(29)94(78,79)80)52-46-56-44(50)58-48(60-46)54-30-17-24(91(69,70)71)11-19-13-34(95(81,82)83)38(40(65)36(19)30)63-61-28-9-8-26-27(42(28)97(87,88)89)5-2-6-32(26)93(75,76)77/h1-18,65-66H,(H,67,68)(H,69,70,71)(H,72,73,74)(H,75,76,77)(H,78,79,80)(H,81,82,83)(H,84,85,86)(H,87,88,89)(H2,51,53,55,57,59)(H2,52,54,56,58,60)/p-1. The van der Waals surface area contributed by atoms with Crippen molar-refractivity contribution in [3.63, 3.8) is 0 Å². The van der Waals surface area contributed by atoms with Crippen LogP contribution in [0.1, 0.15) is 0 Å². The Labute approximate surface area is 554 Å². The van der Waals surface area contributed by atoms with Gasteiger partial charge in [0.25, 0.3) is 70.8 Å². The molecule has 0 radical (unpaired) electrons. The minimum atomic E-state index is -5.61. The lowest BCUT2D eigenvalue weighted by Gasteiger charge is -2.15. The first-order chi connectivity index (χ1) is 44.9. The lowest BCUT2D eigenvalue weighted by atomic mass is 10.1. The first-order valence-electron chi connectivity index (χ1n) is 25.1. The molecule has 8 aromatic carbocycles. The van der Waals surface area contributed by atoms with E-state index in [0.29, 0.717) is 42.5 Å². The summed E-state index contributed by atoms with van der Waals surface area (Å²) < 4.78 is 272. The normalized spacial score (nSPS) is 13.2. The third-order valence-corrected chi connectivity index (χ3v) is 20.0. The van der Waals surface area contributed by atoms with E-state index < -0.39 is 223 Å². The predicted molar refractivity (Wildman–Crippen MR) is 335 cm³/mol. The Bertz CT molecular complexity index is 6050. The number of benzene rings is 8. The van der Waals surface area contributed by atoms with Crippen molar-refractivity contribution in [2.75, 3.05) is 21.3 Å². The van der Waals surface area contributed by atoms with Crippen molar-refractivity contribution >= 4 is 207 Å². The van der Waals surface area contributed by atoms with Gasteiger partial charge in [-0.25, -0.2) is 0 Å². The molecule has 0 saturated heterocycles. The Hall–Kier alpha value is -9.38. The van der Waals surface area contributed by atoms with Crippen LogP contribution in [0, 0.1) is 0 Å². The molecule has 39 nitrogen and oxygen atoms in total. The molecule has 10 rings (SSSR count). The topological polar surface area (TPSA) is 636 Å². The number of aromatic hydroxyl groups is 2. The molecule has 49 heteroatoms. The summed E-state index contributed by atoms with van der Waals surface area (Å²) in [4.78, 5) is 15.6. The van der Waals surface area contributed by atoms with Crippen molar-refractivity contribution < 1.29 is 110 Å². The van der Waals surface area contributed by atoms with Crippen molar-refractivity contribution in [2.24, 2.45) is 20.5 Å². The number of phenols is 2. The minimum absolute atomic E-state index is 0.0956. The molecule has 0 amide bonds. The van der Waals surface area contributed by atoms with Crippen LogP contribution >= 0.6 is 23.2 Å². The molecule has 10 aromatic rings. The third-order valence-electron chi connectivity index (χ3n) is 12.9. The zero-order valence-electron chi connectivity index (χ0n) is 46.4.